The zero-order valence-corrected chi connectivity index (χ0v) is 59.8. The molecule has 116 heavy (non-hydrogen) atoms. The van der Waals surface area contributed by atoms with E-state index < -0.39 is 207 Å². The molecule has 12 aromatic heterocycles. The summed E-state index contributed by atoms with van der Waals surface area (Å²) in [6.07, 6.45) is 4.60. The van der Waals surface area contributed by atoms with E-state index in [1.165, 1.54) is 57.5 Å². The largest absolute Gasteiger partial charge is 0.494 e. The van der Waals surface area contributed by atoms with Gasteiger partial charge in [-0.05, 0) is 102 Å². The van der Waals surface area contributed by atoms with Gasteiger partial charge in [0, 0.05) is 109 Å². The Balaban J connectivity index is 0.000000162. The molecule has 15 heterocycles. The minimum atomic E-state index is -3.97. The van der Waals surface area contributed by atoms with E-state index in [0.717, 1.165) is 50.6 Å². The molecule has 0 aliphatic carbocycles. The number of Topliss-reactive ketones (excluding diaryl/α,β-unsaturated/α-hetero) is 3. The number of amides is 3. The number of nitrogens with zero attached hydrogens (tertiary/aromatic N) is 30. The van der Waals surface area contributed by atoms with Crippen LogP contribution in [-0.2, 0) is 14.4 Å². The van der Waals surface area contributed by atoms with E-state index in [1.54, 1.807) is 23.1 Å². The summed E-state index contributed by atoms with van der Waals surface area (Å²) in [6, 6.07) is 4.04. The molecule has 18 rings (SSSR count). The lowest BCUT2D eigenvalue weighted by molar-refractivity contribution is -0.127. The van der Waals surface area contributed by atoms with E-state index in [0.29, 0.717) is 9.36 Å². The Morgan fingerprint density at radius 3 is 1.09 bits per heavy atom. The number of nitrogens with one attached hydrogen (secondary N) is 3. The maximum atomic E-state index is 14.1. The summed E-state index contributed by atoms with van der Waals surface area (Å²) in [7, 11) is 3.67. The quantitative estimate of drug-likeness (QED) is 0.0817. The molecule has 3 saturated heterocycles. The molecule has 42 heteroatoms. The summed E-state index contributed by atoms with van der Waals surface area (Å²) >= 11 is 0. The van der Waals surface area contributed by atoms with Gasteiger partial charge < -0.3 is 58.6 Å². The zero-order valence-electron chi connectivity index (χ0n) is 95.8. The van der Waals surface area contributed by atoms with Gasteiger partial charge in [0.25, 0.3) is 35.1 Å². The molecule has 3 N–H and O–H groups in total. The van der Waals surface area contributed by atoms with Crippen LogP contribution in [0.4, 0.5) is 17.8 Å². The number of anilines is 3. The van der Waals surface area contributed by atoms with Crippen LogP contribution in [0.1, 0.15) is 109 Å². The summed E-state index contributed by atoms with van der Waals surface area (Å²) in [4.78, 5) is 116. The van der Waals surface area contributed by atoms with Gasteiger partial charge in [-0.3, -0.25) is 28.8 Å². The van der Waals surface area contributed by atoms with Gasteiger partial charge in [0.15, 0.2) is 17.5 Å². The molecule has 0 radical (unpaired) electrons. The summed E-state index contributed by atoms with van der Waals surface area (Å²) < 4.78 is 320. The van der Waals surface area contributed by atoms with Crippen molar-refractivity contribution in [2.24, 2.45) is 0 Å². The number of fused-ring (bicyclic) bond motifs is 3. The van der Waals surface area contributed by atoms with Crippen molar-refractivity contribution in [2.75, 3.05) is 114 Å². The number of ether oxygens (including phenoxy) is 3. The Bertz CT molecular complexity index is 7990. The number of H-pyrrole nitrogens is 3. The van der Waals surface area contributed by atoms with Crippen LogP contribution in [0.3, 0.4) is 0 Å². The van der Waals surface area contributed by atoms with Crippen molar-refractivity contribution in [1.82, 2.24) is 150 Å². The Labute approximate surface area is 707 Å². The van der Waals surface area contributed by atoms with Crippen LogP contribution in [0.5, 0.6) is 17.2 Å². The molecule has 0 atom stereocenters. The Kier molecular flexibility index (Phi) is 11.9. The summed E-state index contributed by atoms with van der Waals surface area (Å²) in [5.41, 5.74) is -1.96. The lowest BCUT2D eigenvalue weighted by Gasteiger charge is -2.34. The predicted octanol–water partition coefficient (Wildman–Crippen LogP) is 3.52. The molecule has 0 bridgehead atoms. The van der Waals surface area contributed by atoms with E-state index in [4.69, 9.17) is 63.6 Å². The number of tetrazole rings is 3. The van der Waals surface area contributed by atoms with Gasteiger partial charge in [0.05, 0.1) is 139 Å². The third-order valence-corrected chi connectivity index (χ3v) is 16.9. The van der Waals surface area contributed by atoms with Crippen molar-refractivity contribution in [3.8, 4) is 51.8 Å². The highest BCUT2D eigenvalue weighted by Crippen LogP contribution is 2.36. The molecule has 3 aliphatic rings. The van der Waals surface area contributed by atoms with E-state index in [1.807, 2.05) is 0 Å². The normalized spacial score (nSPS) is 22.0. The number of aromatic nitrogens is 27. The van der Waals surface area contributed by atoms with Gasteiger partial charge in [-0.1, -0.05) is 68.8 Å². The van der Waals surface area contributed by atoms with Crippen LogP contribution in [0.15, 0.2) is 135 Å². The first-order valence-electron chi connectivity index (χ1n) is 51.2. The summed E-state index contributed by atoms with van der Waals surface area (Å²) in [5, 5.41) is 44.0. The second kappa shape index (κ2) is 31.8. The second-order valence-corrected chi connectivity index (χ2v) is 23.7. The number of hydrogen-bond acceptors (Lipinski definition) is 30. The van der Waals surface area contributed by atoms with Gasteiger partial charge in [0.2, 0.25) is 17.8 Å². The van der Waals surface area contributed by atoms with Crippen LogP contribution in [0.2, 0.25) is 0 Å². The third kappa shape index (κ3) is 14.4. The zero-order chi connectivity index (χ0) is 112. The van der Waals surface area contributed by atoms with Crippen molar-refractivity contribution < 1.29 is 92.3 Å². The van der Waals surface area contributed by atoms with Crippen LogP contribution >= 0.6 is 0 Å². The topological polar surface area (TPSA) is 459 Å². The molecule has 0 saturated carbocycles. The van der Waals surface area contributed by atoms with Crippen LogP contribution in [-0.4, -0.2) is 284 Å². The Morgan fingerprint density at radius 2 is 0.750 bits per heavy atom. The standard InChI is InChI=1S/2C25H25N11O3.C24H23N11O3/c2*1-15-4-6-17(7-5-15)36-25(29-31-32-36)34-10-8-33(9-11-34)24(38)22(37)18-12-26-21-20(18)19(39-3)13-27-23(21)35-14-28-16(2)30-35;1-15-27-14-34(29-15)22-20-19(18(38-2)13-26-22)17(12-25-20)21(36)23(37)32-8-10-33(11-9-32)24-28-30-31-35(24)16-6-4-3-5-7-16/h2*4-7,12-14,26H,8-11H2,1-3H3;3-7,12-14,25H,8-11H2,1-2H3/i2D3,4D,5D,6D,7D,8D2,9D2,10D2,11D2,14D;2D3,4D,5D,6D,7D,14D;1D3,8D2,9D2,10D2,11D2,14D. The molecule has 588 valence electrons. The van der Waals surface area contributed by atoms with Crippen LogP contribution in [0, 0.1) is 34.4 Å². The first-order valence-corrected chi connectivity index (χ1v) is 33.2. The van der Waals surface area contributed by atoms with Crippen LogP contribution < -0.4 is 28.9 Å². The van der Waals surface area contributed by atoms with Gasteiger partial charge in [-0.2, -0.15) is 29.3 Å². The number of hydrogen-bond donors (Lipinski definition) is 3. The fourth-order valence-corrected chi connectivity index (χ4v) is 11.5. The van der Waals surface area contributed by atoms with Crippen molar-refractivity contribution in [3.05, 3.63) is 180 Å². The number of carbonyl (C=O) groups is 6. The molecule has 3 amide bonds. The molecule has 3 aliphatic heterocycles. The van der Waals surface area contributed by atoms with Gasteiger partial charge in [0.1, 0.15) is 57.7 Å². The molecular weight excluding hydrogens is 1500 g/mol. The predicted molar refractivity (Wildman–Crippen MR) is 413 cm³/mol. The van der Waals surface area contributed by atoms with Crippen molar-refractivity contribution in [3.63, 3.8) is 0 Å². The minimum Gasteiger partial charge on any atom is -0.494 e. The molecule has 3 fully saturated rings. The lowest BCUT2D eigenvalue weighted by atomic mass is 10.1. The average molecular weight is 1600 g/mol. The summed E-state index contributed by atoms with van der Waals surface area (Å²) in [5.74, 6) is -13.6. The molecule has 15 aromatic rings. The van der Waals surface area contributed by atoms with E-state index in [-0.39, 0.29) is 162 Å². The smallest absolute Gasteiger partial charge is 0.295 e. The van der Waals surface area contributed by atoms with Crippen molar-refractivity contribution in [1.29, 1.82) is 0 Å². The van der Waals surface area contributed by atoms with Gasteiger partial charge in [-0.25, -0.2) is 43.9 Å². The number of methoxy groups -OCH3 is 3. The number of benzene rings is 3. The number of para-hydroxylation sites is 1. The molecule has 0 unspecified atom stereocenters. The Morgan fingerprint density at radius 1 is 0.414 bits per heavy atom. The highest BCUT2D eigenvalue weighted by molar-refractivity contribution is 6.46. The van der Waals surface area contributed by atoms with Crippen molar-refractivity contribution >= 4 is 85.6 Å². The van der Waals surface area contributed by atoms with E-state index in [9.17, 15) is 28.8 Å². The number of rotatable bonds is 18. The fourth-order valence-electron chi connectivity index (χ4n) is 11.5. The minimum absolute atomic E-state index is 0.0260. The number of carbonyl (C=O) groups excluding carboxylic acids is 6. The number of piperazine rings is 3. The summed E-state index contributed by atoms with van der Waals surface area (Å²) in [6.45, 7) is -35.5. The molecule has 3 aromatic carbocycles. The maximum Gasteiger partial charge on any atom is 0.295 e. The van der Waals surface area contributed by atoms with Gasteiger partial charge in [-0.15, -0.1) is 0 Å². The van der Waals surface area contributed by atoms with Gasteiger partial charge >= 0.3 is 0 Å². The Hall–Kier alpha value is -15.4. The first kappa shape index (κ1) is 43.4. The number of aromatic amines is 3. The third-order valence-electron chi connectivity index (χ3n) is 16.9. The highest BCUT2D eigenvalue weighted by atomic mass is 16.5. The van der Waals surface area contributed by atoms with E-state index >= 15 is 0 Å². The SMILES string of the molecule is [2H]c1c([2H])c(-n2nnnc2N2C([2H])([2H])C([2H])([2H])N(C(=O)C(=O)c3c[nH]c4c(-n5nc(C([2H])([2H])[2H])nc5[2H])ncc(OC)c34)C([2H])([2H])C2([2H])[2H])c([2H])c([2H])c1C.[2H]c1c([2H])c(-n2nnnc2N2CCN(C(=O)C(=O)c3c[nH]c4c(-n5nc(C([2H])([2H])[2H])nc5[2H])ncc(OC)c34)CC2)c([2H])c([2H])c1C.[2H]c1nc(C([2H])([2H])[2H])nn1-c1ncc(OC)c2c(C(=O)C(=O)N3C([2H])([2H])C([2H])([2H])N(c4nnnn4-c4ccccc4)C([2H])([2H])C3([2H])[2H])c[nH]c12. The lowest BCUT2D eigenvalue weighted by Crippen LogP contribution is -2.51. The molecule has 0 spiro atoms. The number of ketones is 3. The van der Waals surface area contributed by atoms with E-state index in [2.05, 4.69) is 107 Å². The first-order chi connectivity index (χ1) is 70.7. The highest BCUT2D eigenvalue weighted by Gasteiger charge is 2.36. The number of aryl methyl sites for hydroxylation is 3. The maximum absolute atomic E-state index is 14.1. The number of pyridine rings is 3. The fraction of sp³-hybridized carbons (Fsp3) is 0.270. The van der Waals surface area contributed by atoms with Crippen LogP contribution in [0.25, 0.3) is 67.2 Å². The molecule has 42 nitrogen and oxygen atoms in total. The monoisotopic (exact) mass is 1600 g/mol. The molecular formula is C74H73N33O9. The second-order valence-electron chi connectivity index (χ2n) is 23.7. The van der Waals surface area contributed by atoms with Crippen molar-refractivity contribution in [2.45, 2.75) is 34.4 Å². The average Bonchev–Trinajstić information content (AvgIpc) is 1.02.